The summed E-state index contributed by atoms with van der Waals surface area (Å²) in [5.41, 5.74) is 13.7. The van der Waals surface area contributed by atoms with Crippen molar-refractivity contribution in [1.82, 2.24) is 19.9 Å². The van der Waals surface area contributed by atoms with Crippen LogP contribution >= 0.6 is 11.3 Å². The third-order valence-corrected chi connectivity index (χ3v) is 7.49. The fraction of sp³-hybridized carbons (Fsp3) is 0.526. The van der Waals surface area contributed by atoms with E-state index in [0.717, 1.165) is 11.3 Å². The van der Waals surface area contributed by atoms with Crippen LogP contribution in [-0.2, 0) is 34.3 Å². The van der Waals surface area contributed by atoms with Crippen molar-refractivity contribution in [1.29, 1.82) is 0 Å². The number of rotatable bonds is 11. The zero-order valence-electron chi connectivity index (χ0n) is 20.6. The average Bonchev–Trinajstić information content (AvgIpc) is 3.39. The minimum Gasteiger partial charge on any atom is -0.478 e. The summed E-state index contributed by atoms with van der Waals surface area (Å²) in [4.78, 5) is 62.4. The van der Waals surface area contributed by atoms with Crippen LogP contribution in [0.4, 0.5) is 5.13 Å². The number of aromatic nitrogens is 1. The number of β-lactam (4-membered cyclic amide) rings is 1. The van der Waals surface area contributed by atoms with Crippen molar-refractivity contribution < 1.29 is 42.1 Å². The number of anilines is 1. The lowest BCUT2D eigenvalue weighted by molar-refractivity contribution is -0.161. The summed E-state index contributed by atoms with van der Waals surface area (Å²) in [5, 5.41) is 19.2. The highest BCUT2D eigenvalue weighted by molar-refractivity contribution is 7.84. The number of carboxylic acid groups (broad SMARTS) is 1. The molecule has 3 heterocycles. The number of aliphatic carboxylic acids is 1. The molecule has 18 nitrogen and oxygen atoms in total. The highest BCUT2D eigenvalue weighted by Crippen LogP contribution is 2.32. The Morgan fingerprint density at radius 3 is 2.56 bits per heavy atom. The SMILES string of the molecule is CC(C)(O/N=C(\C(=O)N[C@@H]1C(=O)N(S(=O)(=O)O)[C@@H]1C[C@H]1CC(CN=C(N)N)NC1=O)c1csc(N)n1)C(=O)O. The third-order valence-electron chi connectivity index (χ3n) is 5.87. The van der Waals surface area contributed by atoms with E-state index >= 15 is 0 Å². The molecule has 3 rings (SSSR count). The van der Waals surface area contributed by atoms with Crippen molar-refractivity contribution in [2.75, 3.05) is 12.3 Å². The lowest BCUT2D eigenvalue weighted by Crippen LogP contribution is -2.72. The summed E-state index contributed by atoms with van der Waals surface area (Å²) in [6.07, 6.45) is -0.0670. The Labute approximate surface area is 225 Å². The van der Waals surface area contributed by atoms with Crippen LogP contribution in [0.5, 0.6) is 0 Å². The Kier molecular flexibility index (Phi) is 8.31. The first-order valence-corrected chi connectivity index (χ1v) is 13.5. The van der Waals surface area contributed by atoms with Crippen LogP contribution in [0.2, 0.25) is 0 Å². The number of nitrogen functional groups attached to an aromatic ring is 1. The number of hydrogen-bond donors (Lipinski definition) is 7. The van der Waals surface area contributed by atoms with E-state index in [4.69, 9.17) is 22.0 Å². The van der Waals surface area contributed by atoms with Crippen molar-refractivity contribution in [2.45, 2.75) is 50.4 Å². The molecule has 20 heteroatoms. The Morgan fingerprint density at radius 1 is 1.36 bits per heavy atom. The molecular formula is C19H27N9O9S2. The average molecular weight is 590 g/mol. The van der Waals surface area contributed by atoms with E-state index in [1.165, 1.54) is 19.2 Å². The lowest BCUT2D eigenvalue weighted by Gasteiger charge is -2.45. The Morgan fingerprint density at radius 2 is 2.03 bits per heavy atom. The second kappa shape index (κ2) is 11.0. The van der Waals surface area contributed by atoms with Gasteiger partial charge in [-0.25, -0.2) is 14.1 Å². The standard InChI is InChI=1S/C19H27N9O9S2/c1-19(2,16(32)33)37-27-11(9-6-38-18(22)25-9)14(30)26-12-10(28(15(12)31)39(34,35)36)4-7-3-8(24-13(7)29)5-23-17(20)21/h6-8,10,12H,3-5H2,1-2H3,(H2,22,25)(H,24,29)(H,26,30)(H,32,33)(H4,20,21,23)(H,34,35,36)/b27-11-/t7-,8?,10-,12+/m1/s1. The van der Waals surface area contributed by atoms with Gasteiger partial charge < -0.3 is 37.8 Å². The number of oxime groups is 1. The van der Waals surface area contributed by atoms with E-state index in [1.54, 1.807) is 0 Å². The number of carboxylic acids is 1. The van der Waals surface area contributed by atoms with Gasteiger partial charge in [-0.3, -0.25) is 23.9 Å². The molecule has 1 aromatic rings. The number of carbonyl (C=O) groups is 4. The van der Waals surface area contributed by atoms with Crippen molar-refractivity contribution >= 4 is 62.1 Å². The van der Waals surface area contributed by atoms with Gasteiger partial charge in [-0.05, 0) is 26.7 Å². The van der Waals surface area contributed by atoms with Gasteiger partial charge in [0, 0.05) is 17.3 Å². The molecule has 3 amide bonds. The van der Waals surface area contributed by atoms with E-state index in [2.05, 4.69) is 25.8 Å². The number of guanidine groups is 1. The summed E-state index contributed by atoms with van der Waals surface area (Å²) < 4.78 is 33.5. The minimum absolute atomic E-state index is 0.0423. The normalized spacial score (nSPS) is 23.6. The van der Waals surface area contributed by atoms with Crippen LogP contribution in [0.25, 0.3) is 0 Å². The van der Waals surface area contributed by atoms with Gasteiger partial charge >= 0.3 is 16.3 Å². The molecule has 0 spiro atoms. The van der Waals surface area contributed by atoms with Gasteiger partial charge in [-0.15, -0.1) is 11.3 Å². The van der Waals surface area contributed by atoms with Crippen LogP contribution in [0.15, 0.2) is 15.5 Å². The molecule has 2 fully saturated rings. The maximum Gasteiger partial charge on any atom is 0.362 e. The summed E-state index contributed by atoms with van der Waals surface area (Å²) in [7, 11) is -5.04. The molecule has 214 valence electrons. The zero-order chi connectivity index (χ0) is 29.3. The predicted molar refractivity (Wildman–Crippen MR) is 135 cm³/mol. The highest BCUT2D eigenvalue weighted by atomic mass is 32.2. The molecule has 0 bridgehead atoms. The quantitative estimate of drug-likeness (QED) is 0.0445. The maximum absolute atomic E-state index is 13.1. The molecule has 0 aromatic carbocycles. The smallest absolute Gasteiger partial charge is 0.362 e. The molecule has 4 atom stereocenters. The van der Waals surface area contributed by atoms with Crippen LogP contribution in [0.3, 0.4) is 0 Å². The van der Waals surface area contributed by atoms with E-state index in [1.807, 2.05) is 0 Å². The zero-order valence-corrected chi connectivity index (χ0v) is 22.2. The van der Waals surface area contributed by atoms with Crippen LogP contribution in [-0.4, -0.2) is 93.0 Å². The number of hydrogen-bond acceptors (Lipinski definition) is 12. The van der Waals surface area contributed by atoms with Gasteiger partial charge in [0.05, 0.1) is 12.6 Å². The van der Waals surface area contributed by atoms with Gasteiger partial charge in [-0.1, -0.05) is 5.16 Å². The second-order valence-corrected chi connectivity index (χ2v) is 11.4. The first-order valence-electron chi connectivity index (χ1n) is 11.2. The predicted octanol–water partition coefficient (Wildman–Crippen LogP) is -3.02. The molecule has 0 saturated carbocycles. The Hall–Kier alpha value is -4.04. The number of amides is 3. The summed E-state index contributed by atoms with van der Waals surface area (Å²) in [6.45, 7) is 2.41. The van der Waals surface area contributed by atoms with Crippen molar-refractivity contribution in [3.8, 4) is 0 Å². The summed E-state index contributed by atoms with van der Waals surface area (Å²) >= 11 is 0.938. The van der Waals surface area contributed by atoms with E-state index in [0.29, 0.717) is 0 Å². The van der Waals surface area contributed by atoms with Gasteiger partial charge in [0.15, 0.2) is 16.8 Å². The molecule has 2 saturated heterocycles. The van der Waals surface area contributed by atoms with Crippen molar-refractivity contribution in [3.05, 3.63) is 11.1 Å². The molecule has 2 aliphatic heterocycles. The van der Waals surface area contributed by atoms with Crippen LogP contribution in [0, 0.1) is 5.92 Å². The highest BCUT2D eigenvalue weighted by Gasteiger charge is 2.55. The van der Waals surface area contributed by atoms with Gasteiger partial charge in [0.1, 0.15) is 11.7 Å². The van der Waals surface area contributed by atoms with Crippen molar-refractivity contribution in [2.24, 2.45) is 27.5 Å². The van der Waals surface area contributed by atoms with E-state index in [9.17, 15) is 37.3 Å². The Balaban J connectivity index is 1.84. The number of aliphatic imine (C=N–C) groups is 1. The molecule has 2 aliphatic rings. The molecule has 39 heavy (non-hydrogen) atoms. The second-order valence-electron chi connectivity index (χ2n) is 9.19. The number of carbonyl (C=O) groups excluding carboxylic acids is 3. The summed E-state index contributed by atoms with van der Waals surface area (Å²) in [5.74, 6) is -5.11. The Bertz CT molecular complexity index is 1340. The molecule has 1 aromatic heterocycles. The van der Waals surface area contributed by atoms with E-state index in [-0.39, 0.29) is 40.5 Å². The topological polar surface area (TPSA) is 295 Å². The lowest BCUT2D eigenvalue weighted by atomic mass is 9.87. The fourth-order valence-electron chi connectivity index (χ4n) is 3.86. The van der Waals surface area contributed by atoms with E-state index < -0.39 is 69.4 Å². The molecule has 1 unspecified atom stereocenters. The fourth-order valence-corrected chi connectivity index (χ4v) is 5.30. The number of nitrogens with one attached hydrogen (secondary N) is 2. The van der Waals surface area contributed by atoms with Gasteiger partial charge in [0.2, 0.25) is 11.5 Å². The maximum atomic E-state index is 13.1. The number of thiazole rings is 1. The van der Waals surface area contributed by atoms with Crippen LogP contribution in [0.1, 0.15) is 32.4 Å². The number of nitrogens with zero attached hydrogens (tertiary/aromatic N) is 4. The monoisotopic (exact) mass is 589 g/mol. The van der Waals surface area contributed by atoms with Gasteiger partial charge in [0.25, 0.3) is 11.8 Å². The van der Waals surface area contributed by atoms with Crippen molar-refractivity contribution in [3.63, 3.8) is 0 Å². The minimum atomic E-state index is -5.04. The first kappa shape index (κ1) is 29.5. The third kappa shape index (κ3) is 6.70. The van der Waals surface area contributed by atoms with Crippen LogP contribution < -0.4 is 27.8 Å². The molecule has 0 radical (unpaired) electrons. The number of nitrogens with two attached hydrogens (primary N) is 3. The first-order chi connectivity index (χ1) is 18.0. The summed E-state index contributed by atoms with van der Waals surface area (Å²) in [6, 6.07) is -3.30. The largest absolute Gasteiger partial charge is 0.478 e. The molecular weight excluding hydrogens is 562 g/mol. The molecule has 0 aliphatic carbocycles. The molecule has 10 N–H and O–H groups in total. The van der Waals surface area contributed by atoms with Gasteiger partial charge in [-0.2, -0.15) is 8.42 Å².